The Morgan fingerprint density at radius 2 is 2.04 bits per heavy atom. The Hall–Kier alpha value is -2.63. The molecule has 2 aromatic heterocycles. The second-order valence-electron chi connectivity index (χ2n) is 6.49. The second kappa shape index (κ2) is 6.70. The molecule has 0 radical (unpaired) electrons. The van der Waals surface area contributed by atoms with Crippen molar-refractivity contribution in [3.63, 3.8) is 0 Å². The highest BCUT2D eigenvalue weighted by atomic mass is 16.5. The predicted molar refractivity (Wildman–Crippen MR) is 93.4 cm³/mol. The molecule has 132 valence electrons. The van der Waals surface area contributed by atoms with Gasteiger partial charge in [0.1, 0.15) is 5.69 Å². The van der Waals surface area contributed by atoms with Crippen molar-refractivity contribution in [3.8, 4) is 0 Å². The number of H-pyrrole nitrogens is 1. The lowest BCUT2D eigenvalue weighted by atomic mass is 10.1. The average molecular weight is 341 g/mol. The van der Waals surface area contributed by atoms with Crippen LogP contribution in [0.15, 0.2) is 24.4 Å². The molecule has 0 aliphatic heterocycles. The van der Waals surface area contributed by atoms with Gasteiger partial charge in [0.2, 0.25) is 0 Å². The minimum absolute atomic E-state index is 0.101. The van der Waals surface area contributed by atoms with E-state index in [9.17, 15) is 9.59 Å². The van der Waals surface area contributed by atoms with E-state index < -0.39 is 5.97 Å². The molecular formula is C19H23N3O3. The molecule has 6 heteroatoms. The summed E-state index contributed by atoms with van der Waals surface area (Å²) < 4.78 is 4.83. The Morgan fingerprint density at radius 1 is 1.32 bits per heavy atom. The maximum atomic E-state index is 13.3. The van der Waals surface area contributed by atoms with Gasteiger partial charge in [0.25, 0.3) is 5.91 Å². The summed E-state index contributed by atoms with van der Waals surface area (Å²) >= 11 is 0. The number of ether oxygens (including phenoxy) is 1. The van der Waals surface area contributed by atoms with E-state index in [-0.39, 0.29) is 18.0 Å². The highest BCUT2D eigenvalue weighted by Gasteiger charge is 2.38. The second-order valence-corrected chi connectivity index (χ2v) is 6.49. The molecule has 0 saturated heterocycles. The number of pyridine rings is 1. The minimum Gasteiger partial charge on any atom is -0.465 e. The van der Waals surface area contributed by atoms with Crippen LogP contribution in [0.1, 0.15) is 63.6 Å². The molecule has 6 nitrogen and oxygen atoms in total. The van der Waals surface area contributed by atoms with Gasteiger partial charge >= 0.3 is 5.97 Å². The first kappa shape index (κ1) is 17.2. The number of aromatic amines is 1. The van der Waals surface area contributed by atoms with Crippen LogP contribution in [0.4, 0.5) is 0 Å². The summed E-state index contributed by atoms with van der Waals surface area (Å²) in [5, 5.41) is 0. The topological polar surface area (TPSA) is 75.3 Å². The summed E-state index contributed by atoms with van der Waals surface area (Å²) in [6.45, 7) is 5.55. The van der Waals surface area contributed by atoms with Crippen molar-refractivity contribution in [1.29, 1.82) is 0 Å². The third-order valence-corrected chi connectivity index (χ3v) is 4.75. The highest BCUT2D eigenvalue weighted by Crippen LogP contribution is 2.35. The standard InChI is InChI=1S/C19H23N3O3/c1-11-16(19(24)25-4)12(2)21-17(11)18(23)22(14-8-9-14)13(3)15-7-5-6-10-20-15/h5-7,10,13-14,21H,8-9H2,1-4H3. The van der Waals surface area contributed by atoms with Crippen LogP contribution in [0.5, 0.6) is 0 Å². The van der Waals surface area contributed by atoms with Crippen LogP contribution in [-0.4, -0.2) is 39.9 Å². The summed E-state index contributed by atoms with van der Waals surface area (Å²) in [5.74, 6) is -0.530. The van der Waals surface area contributed by atoms with Gasteiger partial charge < -0.3 is 14.6 Å². The van der Waals surface area contributed by atoms with Crippen molar-refractivity contribution in [2.24, 2.45) is 0 Å². The number of aryl methyl sites for hydroxylation is 1. The molecule has 0 spiro atoms. The summed E-state index contributed by atoms with van der Waals surface area (Å²) in [6, 6.07) is 5.80. The predicted octanol–water partition coefficient (Wildman–Crippen LogP) is 3.18. The number of esters is 1. The summed E-state index contributed by atoms with van der Waals surface area (Å²) in [4.78, 5) is 34.6. The monoisotopic (exact) mass is 341 g/mol. The number of hydrogen-bond acceptors (Lipinski definition) is 4. The number of nitrogens with zero attached hydrogens (tertiary/aromatic N) is 2. The molecule has 1 atom stereocenters. The number of aromatic nitrogens is 2. The maximum absolute atomic E-state index is 13.3. The fourth-order valence-corrected chi connectivity index (χ4v) is 3.28. The van der Waals surface area contributed by atoms with Crippen LogP contribution < -0.4 is 0 Å². The van der Waals surface area contributed by atoms with E-state index in [0.717, 1.165) is 18.5 Å². The molecule has 1 saturated carbocycles. The number of hydrogen-bond donors (Lipinski definition) is 1. The molecule has 1 aliphatic carbocycles. The first-order valence-electron chi connectivity index (χ1n) is 8.46. The number of carbonyl (C=O) groups is 2. The lowest BCUT2D eigenvalue weighted by Gasteiger charge is -2.29. The molecule has 2 aromatic rings. The first-order valence-corrected chi connectivity index (χ1v) is 8.46. The fraction of sp³-hybridized carbons (Fsp3) is 0.421. The van der Waals surface area contributed by atoms with E-state index in [1.807, 2.05) is 30.0 Å². The van der Waals surface area contributed by atoms with Crippen molar-refractivity contribution >= 4 is 11.9 Å². The smallest absolute Gasteiger partial charge is 0.339 e. The largest absolute Gasteiger partial charge is 0.465 e. The number of amides is 1. The fourth-order valence-electron chi connectivity index (χ4n) is 3.28. The molecule has 0 bridgehead atoms. The quantitative estimate of drug-likeness (QED) is 0.848. The van der Waals surface area contributed by atoms with Crippen LogP contribution in [0, 0.1) is 13.8 Å². The third kappa shape index (κ3) is 3.16. The Kier molecular flexibility index (Phi) is 4.61. The average Bonchev–Trinajstić information content (AvgIpc) is 3.40. The van der Waals surface area contributed by atoms with Gasteiger partial charge in [-0.15, -0.1) is 0 Å². The van der Waals surface area contributed by atoms with Gasteiger partial charge in [0, 0.05) is 17.9 Å². The number of nitrogens with one attached hydrogen (secondary N) is 1. The van der Waals surface area contributed by atoms with Crippen LogP contribution in [0.3, 0.4) is 0 Å². The molecule has 1 amide bonds. The molecule has 1 N–H and O–H groups in total. The Labute approximate surface area is 147 Å². The van der Waals surface area contributed by atoms with Crippen molar-refractivity contribution in [1.82, 2.24) is 14.9 Å². The van der Waals surface area contributed by atoms with Crippen molar-refractivity contribution in [3.05, 3.63) is 52.6 Å². The zero-order chi connectivity index (χ0) is 18.1. The van der Waals surface area contributed by atoms with Gasteiger partial charge in [0.05, 0.1) is 24.4 Å². The van der Waals surface area contributed by atoms with Gasteiger partial charge in [-0.25, -0.2) is 4.79 Å². The van der Waals surface area contributed by atoms with Crippen molar-refractivity contribution < 1.29 is 14.3 Å². The van der Waals surface area contributed by atoms with E-state index in [0.29, 0.717) is 22.5 Å². The van der Waals surface area contributed by atoms with E-state index in [1.54, 1.807) is 20.0 Å². The van der Waals surface area contributed by atoms with E-state index >= 15 is 0 Å². The zero-order valence-corrected chi connectivity index (χ0v) is 15.0. The van der Waals surface area contributed by atoms with Gasteiger partial charge in [0.15, 0.2) is 0 Å². The maximum Gasteiger partial charge on any atom is 0.339 e. The molecular weight excluding hydrogens is 318 g/mol. The summed E-state index contributed by atoms with van der Waals surface area (Å²) in [6.07, 6.45) is 3.72. The van der Waals surface area contributed by atoms with Gasteiger partial charge in [-0.05, 0) is 51.3 Å². The zero-order valence-electron chi connectivity index (χ0n) is 15.0. The molecule has 2 heterocycles. The van der Waals surface area contributed by atoms with E-state index in [4.69, 9.17) is 4.74 Å². The van der Waals surface area contributed by atoms with Gasteiger partial charge in [-0.2, -0.15) is 0 Å². The van der Waals surface area contributed by atoms with Crippen LogP contribution in [0.25, 0.3) is 0 Å². The molecule has 1 unspecified atom stereocenters. The lowest BCUT2D eigenvalue weighted by molar-refractivity contribution is 0.0599. The molecule has 1 aliphatic rings. The summed E-state index contributed by atoms with van der Waals surface area (Å²) in [5.41, 5.74) is 3.03. The minimum atomic E-state index is -0.430. The van der Waals surface area contributed by atoms with Crippen molar-refractivity contribution in [2.45, 2.75) is 45.7 Å². The van der Waals surface area contributed by atoms with E-state index in [2.05, 4.69) is 9.97 Å². The number of methoxy groups -OCH3 is 1. The Balaban J connectivity index is 1.96. The van der Waals surface area contributed by atoms with E-state index in [1.165, 1.54) is 7.11 Å². The first-order chi connectivity index (χ1) is 12.0. The van der Waals surface area contributed by atoms with Crippen LogP contribution >= 0.6 is 0 Å². The summed E-state index contributed by atoms with van der Waals surface area (Å²) in [7, 11) is 1.34. The molecule has 3 rings (SSSR count). The van der Waals surface area contributed by atoms with Crippen LogP contribution in [-0.2, 0) is 4.74 Å². The normalized spacial score (nSPS) is 14.9. The highest BCUT2D eigenvalue weighted by molar-refractivity contribution is 6.00. The van der Waals surface area contributed by atoms with Gasteiger partial charge in [-0.1, -0.05) is 6.07 Å². The Morgan fingerprint density at radius 3 is 2.60 bits per heavy atom. The SMILES string of the molecule is COC(=O)c1c(C)[nH]c(C(=O)N(C2CC2)C(C)c2ccccn2)c1C. The van der Waals surface area contributed by atoms with Gasteiger partial charge in [-0.3, -0.25) is 9.78 Å². The Bertz CT molecular complexity index is 794. The third-order valence-electron chi connectivity index (χ3n) is 4.75. The number of carbonyl (C=O) groups excluding carboxylic acids is 2. The molecule has 1 fully saturated rings. The molecule has 25 heavy (non-hydrogen) atoms. The van der Waals surface area contributed by atoms with Crippen LogP contribution in [0.2, 0.25) is 0 Å². The number of rotatable bonds is 5. The lowest BCUT2D eigenvalue weighted by Crippen LogP contribution is -2.36. The molecule has 0 aromatic carbocycles. The van der Waals surface area contributed by atoms with Crippen molar-refractivity contribution in [2.75, 3.05) is 7.11 Å².